The van der Waals surface area contributed by atoms with Crippen LogP contribution in [0, 0.1) is 25.7 Å². The summed E-state index contributed by atoms with van der Waals surface area (Å²) >= 11 is -2.46. The van der Waals surface area contributed by atoms with Crippen LogP contribution in [-0.4, -0.2) is 5.98 Å². The Morgan fingerprint density at radius 3 is 1.32 bits per heavy atom. The summed E-state index contributed by atoms with van der Waals surface area (Å²) in [7, 11) is 0. The molecule has 2 heteroatoms. The second-order valence-corrected chi connectivity index (χ2v) is 41.6. The molecule has 4 atom stereocenters. The fourth-order valence-corrected chi connectivity index (χ4v) is 40.8. The molecule has 4 aromatic rings. The van der Waals surface area contributed by atoms with Gasteiger partial charge < -0.3 is 0 Å². The van der Waals surface area contributed by atoms with Gasteiger partial charge in [0.1, 0.15) is 0 Å². The molecule has 4 aromatic carbocycles. The fourth-order valence-electron chi connectivity index (χ4n) is 7.97. The normalized spacial score (nSPS) is 18.5. The summed E-state index contributed by atoms with van der Waals surface area (Å²) in [5.41, 5.74) is 18.3. The van der Waals surface area contributed by atoms with Gasteiger partial charge in [-0.05, 0) is 0 Å². The molecular weight excluding hydrogens is 711 g/mol. The SMILES string of the molecule is CCC(C)C1=Cc2c(-c3ccccc3C)cccc2[CH]1[Hf]([CH]1C(C(C)CC)=Cc2c(-c3ccccc3C)cccc21)[SiH](C)C. The molecule has 225 valence electrons. The van der Waals surface area contributed by atoms with Crippen molar-refractivity contribution in [3.05, 3.63) is 129 Å². The van der Waals surface area contributed by atoms with E-state index >= 15 is 0 Å². The fraction of sp³-hybridized carbons (Fsp3) is 0.333. The topological polar surface area (TPSA) is 0 Å². The van der Waals surface area contributed by atoms with E-state index in [2.05, 4.69) is 152 Å². The third-order valence-corrected chi connectivity index (χ3v) is 41.3. The molecule has 4 unspecified atom stereocenters. The molecule has 6 rings (SSSR count). The van der Waals surface area contributed by atoms with Crippen LogP contribution < -0.4 is 0 Å². The van der Waals surface area contributed by atoms with Gasteiger partial charge in [0.25, 0.3) is 0 Å². The number of hydrogen-bond acceptors (Lipinski definition) is 0. The molecule has 0 N–H and O–H groups in total. The Hall–Kier alpha value is -2.55. The molecule has 0 aliphatic heterocycles. The molecule has 0 fully saturated rings. The van der Waals surface area contributed by atoms with Crippen molar-refractivity contribution in [1.82, 2.24) is 0 Å². The maximum atomic E-state index is 2.72. The quantitative estimate of drug-likeness (QED) is 0.149. The molecular formula is C42H49HfSi. The van der Waals surface area contributed by atoms with E-state index < -0.39 is 26.6 Å². The molecule has 0 bridgehead atoms. The van der Waals surface area contributed by atoms with Gasteiger partial charge in [0.2, 0.25) is 0 Å². The number of fused-ring (bicyclic) bond motifs is 2. The van der Waals surface area contributed by atoms with Gasteiger partial charge in [-0.15, -0.1) is 0 Å². The Morgan fingerprint density at radius 1 is 0.568 bits per heavy atom. The molecule has 0 heterocycles. The first-order valence-corrected chi connectivity index (χ1v) is 30.2. The third kappa shape index (κ3) is 5.45. The van der Waals surface area contributed by atoms with Crippen LogP contribution in [0.5, 0.6) is 0 Å². The van der Waals surface area contributed by atoms with Crippen molar-refractivity contribution in [1.29, 1.82) is 0 Å². The molecule has 0 aromatic heterocycles. The molecule has 2 aliphatic carbocycles. The summed E-state index contributed by atoms with van der Waals surface area (Å²) in [4.78, 5) is 0. The molecule has 0 saturated carbocycles. The average Bonchev–Trinajstić information content (AvgIpc) is 3.61. The molecule has 0 radical (unpaired) electrons. The van der Waals surface area contributed by atoms with E-state index in [0.29, 0.717) is 19.2 Å². The molecule has 0 nitrogen and oxygen atoms in total. The average molecular weight is 760 g/mol. The van der Waals surface area contributed by atoms with Crippen molar-refractivity contribution in [2.75, 3.05) is 0 Å². The second kappa shape index (κ2) is 13.0. The minimum atomic E-state index is -2.46. The van der Waals surface area contributed by atoms with Gasteiger partial charge in [-0.1, -0.05) is 0 Å². The summed E-state index contributed by atoms with van der Waals surface area (Å²) in [6, 6.07) is 32.5. The number of benzene rings is 4. The van der Waals surface area contributed by atoms with Gasteiger partial charge in [-0.2, -0.15) is 0 Å². The van der Waals surface area contributed by atoms with Crippen LogP contribution in [0.1, 0.15) is 81.3 Å². The van der Waals surface area contributed by atoms with Gasteiger partial charge in [0.05, 0.1) is 0 Å². The third-order valence-electron chi connectivity index (χ3n) is 10.8. The zero-order valence-electron chi connectivity index (χ0n) is 28.0. The molecule has 0 spiro atoms. The Kier molecular flexibility index (Phi) is 9.32. The van der Waals surface area contributed by atoms with Crippen LogP contribution in [0.15, 0.2) is 96.1 Å². The number of allylic oxidation sites excluding steroid dienone is 2. The summed E-state index contributed by atoms with van der Waals surface area (Å²) < 4.78 is 1.34. The molecule has 0 amide bonds. The van der Waals surface area contributed by atoms with Crippen molar-refractivity contribution in [2.45, 2.75) is 74.8 Å². The van der Waals surface area contributed by atoms with Crippen LogP contribution in [0.25, 0.3) is 34.4 Å². The van der Waals surface area contributed by atoms with Crippen molar-refractivity contribution in [3.63, 3.8) is 0 Å². The van der Waals surface area contributed by atoms with Crippen LogP contribution in [0.2, 0.25) is 13.1 Å². The molecule has 44 heavy (non-hydrogen) atoms. The van der Waals surface area contributed by atoms with Crippen molar-refractivity contribution in [3.8, 4) is 22.3 Å². The van der Waals surface area contributed by atoms with E-state index in [1.807, 2.05) is 0 Å². The minimum absolute atomic E-state index is 0.611. The Bertz CT molecular complexity index is 1620. The summed E-state index contributed by atoms with van der Waals surface area (Å²) in [5, 5.41) is 0. The predicted molar refractivity (Wildman–Crippen MR) is 192 cm³/mol. The predicted octanol–water partition coefficient (Wildman–Crippen LogP) is 11.9. The maximum absolute atomic E-state index is 2.72. The van der Waals surface area contributed by atoms with E-state index in [-0.39, 0.29) is 0 Å². The van der Waals surface area contributed by atoms with E-state index in [1.54, 1.807) is 22.3 Å². The first-order chi connectivity index (χ1) is 21.3. The molecule has 0 saturated heterocycles. The Morgan fingerprint density at radius 2 is 0.955 bits per heavy atom. The van der Waals surface area contributed by atoms with Gasteiger partial charge in [0, 0.05) is 0 Å². The van der Waals surface area contributed by atoms with E-state index in [0.717, 1.165) is 0 Å². The van der Waals surface area contributed by atoms with Gasteiger partial charge >= 0.3 is 277 Å². The van der Waals surface area contributed by atoms with E-state index in [9.17, 15) is 0 Å². The van der Waals surface area contributed by atoms with E-state index in [4.69, 9.17) is 0 Å². The van der Waals surface area contributed by atoms with Gasteiger partial charge in [0.15, 0.2) is 0 Å². The number of aryl methyl sites for hydroxylation is 2. The van der Waals surface area contributed by atoms with Crippen LogP contribution in [0.3, 0.4) is 0 Å². The molecule has 2 aliphatic rings. The van der Waals surface area contributed by atoms with Crippen LogP contribution in [0.4, 0.5) is 0 Å². The second-order valence-electron chi connectivity index (χ2n) is 13.7. The van der Waals surface area contributed by atoms with Gasteiger partial charge in [-0.25, -0.2) is 0 Å². The van der Waals surface area contributed by atoms with E-state index in [1.165, 1.54) is 57.3 Å². The first kappa shape index (κ1) is 31.4. The van der Waals surface area contributed by atoms with Crippen molar-refractivity contribution < 1.29 is 20.6 Å². The van der Waals surface area contributed by atoms with Gasteiger partial charge in [-0.3, -0.25) is 0 Å². The van der Waals surface area contributed by atoms with Crippen LogP contribution in [-0.2, 0) is 20.6 Å². The zero-order chi connectivity index (χ0) is 31.1. The Labute approximate surface area is 275 Å². The van der Waals surface area contributed by atoms with Crippen LogP contribution >= 0.6 is 0 Å². The standard InChI is InChI=1S/2C20H21.C2H7Si.Hf/c2*1-4-14(2)17-12-16-9-7-11-19(20(16)13-17)18-10-6-5-8-15(18)3;1-3-2;/h2*5-14H,4H2,1-3H3;3H,1-2H3;. The summed E-state index contributed by atoms with van der Waals surface area (Å²) in [5.74, 6) is 0.264. The number of rotatable bonds is 9. The zero-order valence-corrected chi connectivity index (χ0v) is 32.8. The summed E-state index contributed by atoms with van der Waals surface area (Å²) in [6.07, 6.45) is 7.79. The Balaban J connectivity index is 1.57. The monoisotopic (exact) mass is 761 g/mol. The first-order valence-electron chi connectivity index (χ1n) is 16.9. The van der Waals surface area contributed by atoms with Crippen molar-refractivity contribution in [2.24, 2.45) is 11.8 Å². The van der Waals surface area contributed by atoms with Crippen molar-refractivity contribution >= 4 is 18.1 Å². The number of hydrogen-bond donors (Lipinski definition) is 0. The summed E-state index contributed by atoms with van der Waals surface area (Å²) in [6.45, 7) is 19.8.